The molecular weight excluding hydrogens is 342 g/mol. The fourth-order valence-corrected chi connectivity index (χ4v) is 2.85. The minimum absolute atomic E-state index is 0.125. The van der Waals surface area contributed by atoms with Crippen molar-refractivity contribution in [2.75, 3.05) is 20.8 Å². The van der Waals surface area contributed by atoms with E-state index in [-0.39, 0.29) is 5.91 Å². The quantitative estimate of drug-likeness (QED) is 0.491. The van der Waals surface area contributed by atoms with Gasteiger partial charge in [-0.3, -0.25) is 4.79 Å². The van der Waals surface area contributed by atoms with Crippen LogP contribution in [0.25, 0.3) is 17.1 Å². The van der Waals surface area contributed by atoms with Crippen LogP contribution in [0.15, 0.2) is 54.9 Å². The van der Waals surface area contributed by atoms with Crippen molar-refractivity contribution in [2.45, 2.75) is 13.0 Å². The van der Waals surface area contributed by atoms with Gasteiger partial charge in [0.1, 0.15) is 5.65 Å². The molecule has 1 aromatic carbocycles. The van der Waals surface area contributed by atoms with Gasteiger partial charge in [0.2, 0.25) is 5.91 Å². The van der Waals surface area contributed by atoms with Gasteiger partial charge in [0, 0.05) is 36.9 Å². The van der Waals surface area contributed by atoms with E-state index in [0.717, 1.165) is 29.6 Å². The van der Waals surface area contributed by atoms with Gasteiger partial charge in [-0.15, -0.1) is 0 Å². The molecule has 0 spiro atoms. The topological polar surface area (TPSA) is 65.4 Å². The molecule has 6 nitrogen and oxygen atoms in total. The standard InChI is InChI=1S/C21H23N3O3/c1-26-18-8-6-16(15-19(18)27-2)7-9-20(25)22-12-4-13-24-14-10-17-5-3-11-23-21(17)24/h3,5-11,14-15H,4,12-13H2,1-2H3,(H,22,25). The minimum Gasteiger partial charge on any atom is -0.493 e. The third kappa shape index (κ3) is 4.67. The Morgan fingerprint density at radius 1 is 1.19 bits per heavy atom. The van der Waals surface area contributed by atoms with E-state index in [4.69, 9.17) is 9.47 Å². The number of pyridine rings is 1. The molecule has 0 saturated heterocycles. The first kappa shape index (κ1) is 18.5. The van der Waals surface area contributed by atoms with Gasteiger partial charge in [-0.2, -0.15) is 0 Å². The number of carbonyl (C=O) groups excluding carboxylic acids is 1. The van der Waals surface area contributed by atoms with Gasteiger partial charge in [-0.05, 0) is 48.4 Å². The van der Waals surface area contributed by atoms with Crippen molar-refractivity contribution in [3.05, 3.63) is 60.4 Å². The molecule has 0 radical (unpaired) electrons. The Morgan fingerprint density at radius 2 is 2.04 bits per heavy atom. The number of benzene rings is 1. The van der Waals surface area contributed by atoms with Crippen LogP contribution < -0.4 is 14.8 Å². The van der Waals surface area contributed by atoms with Crippen LogP contribution in [0, 0.1) is 0 Å². The molecule has 6 heteroatoms. The Kier molecular flexibility index (Phi) is 6.10. The summed E-state index contributed by atoms with van der Waals surface area (Å²) in [5.41, 5.74) is 1.84. The Bertz CT molecular complexity index is 947. The number of methoxy groups -OCH3 is 2. The van der Waals surface area contributed by atoms with Crippen LogP contribution in [0.3, 0.4) is 0 Å². The zero-order valence-corrected chi connectivity index (χ0v) is 15.5. The Balaban J connectivity index is 1.47. The summed E-state index contributed by atoms with van der Waals surface area (Å²) in [4.78, 5) is 16.4. The SMILES string of the molecule is COc1ccc(C=CC(=O)NCCCn2ccc3cccnc32)cc1OC. The van der Waals surface area contributed by atoms with Crippen molar-refractivity contribution in [3.8, 4) is 11.5 Å². The van der Waals surface area contributed by atoms with E-state index < -0.39 is 0 Å². The molecule has 1 amide bonds. The zero-order chi connectivity index (χ0) is 19.1. The Labute approximate surface area is 158 Å². The molecule has 2 heterocycles. The smallest absolute Gasteiger partial charge is 0.244 e. The van der Waals surface area contributed by atoms with Crippen molar-refractivity contribution in [1.82, 2.24) is 14.9 Å². The first-order chi connectivity index (χ1) is 13.2. The van der Waals surface area contributed by atoms with Crippen LogP contribution in [-0.2, 0) is 11.3 Å². The number of nitrogens with zero attached hydrogens (tertiary/aromatic N) is 2. The average molecular weight is 365 g/mol. The molecule has 2 aromatic heterocycles. The van der Waals surface area contributed by atoms with E-state index in [2.05, 4.69) is 14.9 Å². The molecule has 0 fully saturated rings. The van der Waals surface area contributed by atoms with Crippen molar-refractivity contribution in [2.24, 2.45) is 0 Å². The molecular formula is C21H23N3O3. The summed E-state index contributed by atoms with van der Waals surface area (Å²) in [6.45, 7) is 1.40. The van der Waals surface area contributed by atoms with Crippen LogP contribution in [0.5, 0.6) is 11.5 Å². The van der Waals surface area contributed by atoms with Crippen molar-refractivity contribution in [3.63, 3.8) is 0 Å². The molecule has 0 unspecified atom stereocenters. The molecule has 3 aromatic rings. The second-order valence-electron chi connectivity index (χ2n) is 6.02. The summed E-state index contributed by atoms with van der Waals surface area (Å²) < 4.78 is 12.6. The number of aromatic nitrogens is 2. The molecule has 0 aliphatic heterocycles. The van der Waals surface area contributed by atoms with Crippen molar-refractivity contribution in [1.29, 1.82) is 0 Å². The maximum absolute atomic E-state index is 12.0. The Morgan fingerprint density at radius 3 is 2.85 bits per heavy atom. The number of hydrogen-bond acceptors (Lipinski definition) is 4. The van der Waals surface area contributed by atoms with E-state index in [1.54, 1.807) is 26.5 Å². The normalized spacial score (nSPS) is 11.0. The summed E-state index contributed by atoms with van der Waals surface area (Å²) >= 11 is 0. The van der Waals surface area contributed by atoms with Gasteiger partial charge in [0.15, 0.2) is 11.5 Å². The fraction of sp³-hybridized carbons (Fsp3) is 0.238. The fourth-order valence-electron chi connectivity index (χ4n) is 2.85. The Hall–Kier alpha value is -3.28. The number of amides is 1. The van der Waals surface area contributed by atoms with Gasteiger partial charge in [-0.1, -0.05) is 6.07 Å². The van der Waals surface area contributed by atoms with Crippen LogP contribution in [-0.4, -0.2) is 36.2 Å². The highest BCUT2D eigenvalue weighted by Gasteiger charge is 2.04. The molecule has 1 N–H and O–H groups in total. The van der Waals surface area contributed by atoms with E-state index >= 15 is 0 Å². The first-order valence-corrected chi connectivity index (χ1v) is 8.79. The lowest BCUT2D eigenvalue weighted by atomic mass is 10.2. The van der Waals surface area contributed by atoms with Gasteiger partial charge >= 0.3 is 0 Å². The second kappa shape index (κ2) is 8.89. The third-order valence-electron chi connectivity index (χ3n) is 4.23. The molecule has 0 aliphatic rings. The van der Waals surface area contributed by atoms with E-state index in [9.17, 15) is 4.79 Å². The molecule has 140 valence electrons. The predicted molar refractivity (Wildman–Crippen MR) is 106 cm³/mol. The number of aryl methyl sites for hydroxylation is 1. The van der Waals surface area contributed by atoms with Gasteiger partial charge < -0.3 is 19.4 Å². The van der Waals surface area contributed by atoms with Crippen molar-refractivity contribution >= 4 is 23.0 Å². The zero-order valence-electron chi connectivity index (χ0n) is 15.5. The van der Waals surface area contributed by atoms with Gasteiger partial charge in [0.25, 0.3) is 0 Å². The number of rotatable bonds is 8. The van der Waals surface area contributed by atoms with Crippen LogP contribution in [0.1, 0.15) is 12.0 Å². The van der Waals surface area contributed by atoms with E-state index in [0.29, 0.717) is 18.0 Å². The highest BCUT2D eigenvalue weighted by Crippen LogP contribution is 2.27. The predicted octanol–water partition coefficient (Wildman–Crippen LogP) is 3.27. The van der Waals surface area contributed by atoms with Crippen LogP contribution in [0.4, 0.5) is 0 Å². The number of ether oxygens (including phenoxy) is 2. The summed E-state index contributed by atoms with van der Waals surface area (Å²) in [7, 11) is 3.18. The monoisotopic (exact) mass is 365 g/mol. The lowest BCUT2D eigenvalue weighted by Gasteiger charge is -2.07. The molecule has 0 saturated carbocycles. The van der Waals surface area contributed by atoms with Crippen LogP contribution in [0.2, 0.25) is 0 Å². The van der Waals surface area contributed by atoms with Crippen LogP contribution >= 0.6 is 0 Å². The lowest BCUT2D eigenvalue weighted by molar-refractivity contribution is -0.116. The van der Waals surface area contributed by atoms with Gasteiger partial charge in [0.05, 0.1) is 14.2 Å². The van der Waals surface area contributed by atoms with Gasteiger partial charge in [-0.25, -0.2) is 4.98 Å². The summed E-state index contributed by atoms with van der Waals surface area (Å²) in [5, 5.41) is 4.02. The second-order valence-corrected chi connectivity index (χ2v) is 6.02. The molecule has 0 atom stereocenters. The molecule has 3 rings (SSSR count). The third-order valence-corrected chi connectivity index (χ3v) is 4.23. The summed E-state index contributed by atoms with van der Waals surface area (Å²) in [6, 6.07) is 11.5. The molecule has 0 aliphatic carbocycles. The highest BCUT2D eigenvalue weighted by atomic mass is 16.5. The van der Waals surface area contributed by atoms with E-state index in [1.165, 1.54) is 6.08 Å². The number of nitrogens with one attached hydrogen (secondary N) is 1. The number of hydrogen-bond donors (Lipinski definition) is 1. The number of carbonyl (C=O) groups is 1. The maximum Gasteiger partial charge on any atom is 0.244 e. The lowest BCUT2D eigenvalue weighted by Crippen LogP contribution is -2.23. The maximum atomic E-state index is 12.0. The summed E-state index contributed by atoms with van der Waals surface area (Å²) in [6.07, 6.45) is 7.92. The molecule has 27 heavy (non-hydrogen) atoms. The highest BCUT2D eigenvalue weighted by molar-refractivity contribution is 5.91. The minimum atomic E-state index is -0.125. The largest absolute Gasteiger partial charge is 0.493 e. The average Bonchev–Trinajstić information content (AvgIpc) is 3.12. The summed E-state index contributed by atoms with van der Waals surface area (Å²) in [5.74, 6) is 1.17. The van der Waals surface area contributed by atoms with Crippen molar-refractivity contribution < 1.29 is 14.3 Å². The molecule has 0 bridgehead atoms. The number of fused-ring (bicyclic) bond motifs is 1. The van der Waals surface area contributed by atoms with E-state index in [1.807, 2.05) is 42.6 Å². The first-order valence-electron chi connectivity index (χ1n) is 8.79.